The van der Waals surface area contributed by atoms with Crippen LogP contribution in [0.3, 0.4) is 0 Å². The van der Waals surface area contributed by atoms with E-state index in [1.807, 2.05) is 36.6 Å². The average Bonchev–Trinajstić information content (AvgIpc) is 3.05. The average molecular weight is 337 g/mol. The van der Waals surface area contributed by atoms with Gasteiger partial charge in [0, 0.05) is 15.5 Å². The van der Waals surface area contributed by atoms with Crippen LogP contribution in [0.1, 0.15) is 60.6 Å². The number of thiophene rings is 1. The van der Waals surface area contributed by atoms with Gasteiger partial charge in [0.2, 0.25) is 0 Å². The summed E-state index contributed by atoms with van der Waals surface area (Å²) in [6.45, 7) is 6.47. The summed E-state index contributed by atoms with van der Waals surface area (Å²) in [5.74, 6) is 0.562. The first-order valence-corrected chi connectivity index (χ1v) is 9.35. The van der Waals surface area contributed by atoms with Gasteiger partial charge in [-0.2, -0.15) is 0 Å². The van der Waals surface area contributed by atoms with E-state index in [4.69, 9.17) is 0 Å². The summed E-state index contributed by atoms with van der Waals surface area (Å²) in [5.41, 5.74) is 3.25. The van der Waals surface area contributed by atoms with Gasteiger partial charge < -0.3 is 5.32 Å². The van der Waals surface area contributed by atoms with Crippen LogP contribution in [-0.2, 0) is 0 Å². The molecule has 0 aliphatic rings. The van der Waals surface area contributed by atoms with Crippen LogP contribution in [0.15, 0.2) is 53.9 Å². The summed E-state index contributed by atoms with van der Waals surface area (Å²) in [5, 5.41) is 6.09. The molecule has 0 aliphatic carbocycles. The summed E-state index contributed by atoms with van der Waals surface area (Å²) >= 11 is 1.61. The van der Waals surface area contributed by atoms with E-state index in [1.165, 1.54) is 5.56 Å². The van der Waals surface area contributed by atoms with Crippen LogP contribution in [0.25, 0.3) is 10.1 Å². The molecule has 1 aromatic heterocycles. The first-order chi connectivity index (χ1) is 11.6. The Morgan fingerprint density at radius 1 is 1.04 bits per heavy atom. The number of carbonyl (C=O) groups excluding carboxylic acids is 1. The highest BCUT2D eigenvalue weighted by Crippen LogP contribution is 2.26. The van der Waals surface area contributed by atoms with Gasteiger partial charge in [-0.25, -0.2) is 0 Å². The van der Waals surface area contributed by atoms with E-state index in [-0.39, 0.29) is 11.9 Å². The second-order valence-corrected chi connectivity index (χ2v) is 7.23. The van der Waals surface area contributed by atoms with Crippen molar-refractivity contribution in [3.63, 3.8) is 0 Å². The molecule has 124 valence electrons. The first-order valence-electron chi connectivity index (χ1n) is 8.47. The van der Waals surface area contributed by atoms with Crippen molar-refractivity contribution in [2.45, 2.75) is 39.2 Å². The molecule has 0 radical (unpaired) electrons. The number of amides is 1. The number of benzene rings is 2. The predicted octanol–water partition coefficient (Wildman–Crippen LogP) is 5.91. The second kappa shape index (κ2) is 7.18. The molecule has 0 saturated carbocycles. The largest absolute Gasteiger partial charge is 0.345 e. The van der Waals surface area contributed by atoms with Gasteiger partial charge in [-0.15, -0.1) is 11.3 Å². The molecule has 2 nitrogen and oxygen atoms in total. The van der Waals surface area contributed by atoms with Gasteiger partial charge >= 0.3 is 0 Å². The van der Waals surface area contributed by atoms with Crippen LogP contribution in [0.4, 0.5) is 0 Å². The maximum absolute atomic E-state index is 12.6. The van der Waals surface area contributed by atoms with Gasteiger partial charge in [-0.05, 0) is 36.5 Å². The summed E-state index contributed by atoms with van der Waals surface area (Å²) in [6.07, 6.45) is 1.14. The van der Waals surface area contributed by atoms with Gasteiger partial charge in [0.05, 0.1) is 11.6 Å². The monoisotopic (exact) mass is 337 g/mol. The topological polar surface area (TPSA) is 29.1 Å². The Morgan fingerprint density at radius 2 is 1.71 bits per heavy atom. The van der Waals surface area contributed by atoms with E-state index in [9.17, 15) is 4.79 Å². The Morgan fingerprint density at radius 3 is 2.42 bits per heavy atom. The SMILES string of the molecule is CC[C@@H](C)c1ccc([C@H](C)NC(=O)c2csc3ccccc23)cc1. The molecule has 0 saturated heterocycles. The van der Waals surface area contributed by atoms with Gasteiger partial charge in [0.1, 0.15) is 0 Å². The van der Waals surface area contributed by atoms with Crippen molar-refractivity contribution in [1.82, 2.24) is 5.32 Å². The van der Waals surface area contributed by atoms with Gasteiger partial charge in [-0.3, -0.25) is 4.79 Å². The van der Waals surface area contributed by atoms with Gasteiger partial charge in [0.15, 0.2) is 0 Å². The number of hydrogen-bond acceptors (Lipinski definition) is 2. The predicted molar refractivity (Wildman–Crippen MR) is 103 cm³/mol. The molecule has 1 amide bonds. The standard InChI is InChI=1S/C21H23NOS/c1-4-14(2)16-9-11-17(12-10-16)15(3)22-21(23)19-13-24-20-8-6-5-7-18(19)20/h5-15H,4H2,1-3H3,(H,22,23)/t14-,15+/m1/s1. The van der Waals surface area contributed by atoms with Crippen LogP contribution in [-0.4, -0.2) is 5.91 Å². The highest BCUT2D eigenvalue weighted by atomic mass is 32.1. The van der Waals surface area contributed by atoms with Gasteiger partial charge in [-0.1, -0.05) is 56.3 Å². The van der Waals surface area contributed by atoms with E-state index in [0.717, 1.165) is 27.6 Å². The van der Waals surface area contributed by atoms with Crippen molar-refractivity contribution in [3.8, 4) is 0 Å². The molecule has 3 heteroatoms. The maximum Gasteiger partial charge on any atom is 0.253 e. The fourth-order valence-electron chi connectivity index (χ4n) is 2.86. The Hall–Kier alpha value is -2.13. The lowest BCUT2D eigenvalue weighted by atomic mass is 9.96. The number of fused-ring (bicyclic) bond motifs is 1. The molecule has 2 aromatic carbocycles. The van der Waals surface area contributed by atoms with E-state index in [0.29, 0.717) is 5.92 Å². The maximum atomic E-state index is 12.6. The molecule has 0 fully saturated rings. The Bertz CT molecular complexity index is 834. The molecule has 0 unspecified atom stereocenters. The third-order valence-electron chi connectivity index (χ3n) is 4.69. The molecule has 3 aromatic rings. The molecule has 24 heavy (non-hydrogen) atoms. The zero-order valence-electron chi connectivity index (χ0n) is 14.4. The fraction of sp³-hybridized carbons (Fsp3) is 0.286. The molecule has 3 rings (SSSR count). The summed E-state index contributed by atoms with van der Waals surface area (Å²) < 4.78 is 1.15. The first kappa shape index (κ1) is 16.7. The molecule has 2 atom stereocenters. The zero-order chi connectivity index (χ0) is 17.1. The second-order valence-electron chi connectivity index (χ2n) is 6.32. The fourth-order valence-corrected chi connectivity index (χ4v) is 3.80. The highest BCUT2D eigenvalue weighted by molar-refractivity contribution is 7.17. The van der Waals surface area contributed by atoms with Crippen molar-refractivity contribution < 1.29 is 4.79 Å². The van der Waals surface area contributed by atoms with Crippen LogP contribution < -0.4 is 5.32 Å². The van der Waals surface area contributed by atoms with Crippen LogP contribution >= 0.6 is 11.3 Å². The van der Waals surface area contributed by atoms with Gasteiger partial charge in [0.25, 0.3) is 5.91 Å². The molecular weight excluding hydrogens is 314 g/mol. The minimum atomic E-state index is -0.0119. The van der Waals surface area contributed by atoms with E-state index >= 15 is 0 Å². The molecule has 1 N–H and O–H groups in total. The Balaban J connectivity index is 1.74. The Kier molecular flexibility index (Phi) is 5.00. The minimum absolute atomic E-state index is 0.00838. The molecule has 0 spiro atoms. The lowest BCUT2D eigenvalue weighted by Crippen LogP contribution is -2.26. The minimum Gasteiger partial charge on any atom is -0.345 e. The number of nitrogens with one attached hydrogen (secondary N) is 1. The van der Waals surface area contributed by atoms with Crippen molar-refractivity contribution in [1.29, 1.82) is 0 Å². The quantitative estimate of drug-likeness (QED) is 0.616. The normalized spacial score (nSPS) is 13.6. The molecular formula is C21H23NOS. The van der Waals surface area contributed by atoms with Crippen LogP contribution in [0.2, 0.25) is 0 Å². The van der Waals surface area contributed by atoms with Crippen LogP contribution in [0, 0.1) is 0 Å². The molecule has 0 aliphatic heterocycles. The van der Waals surface area contributed by atoms with Crippen molar-refractivity contribution in [3.05, 3.63) is 70.6 Å². The van der Waals surface area contributed by atoms with E-state index < -0.39 is 0 Å². The highest BCUT2D eigenvalue weighted by Gasteiger charge is 2.15. The van der Waals surface area contributed by atoms with Crippen molar-refractivity contribution in [2.24, 2.45) is 0 Å². The zero-order valence-corrected chi connectivity index (χ0v) is 15.2. The summed E-state index contributed by atoms with van der Waals surface area (Å²) in [4.78, 5) is 12.6. The van der Waals surface area contributed by atoms with E-state index in [2.05, 4.69) is 43.4 Å². The molecule has 1 heterocycles. The van der Waals surface area contributed by atoms with Crippen molar-refractivity contribution in [2.75, 3.05) is 0 Å². The number of hydrogen-bond donors (Lipinski definition) is 1. The smallest absolute Gasteiger partial charge is 0.253 e. The number of rotatable bonds is 5. The Labute approximate surface area is 147 Å². The third-order valence-corrected chi connectivity index (χ3v) is 5.65. The summed E-state index contributed by atoms with van der Waals surface area (Å²) in [6, 6.07) is 16.6. The lowest BCUT2D eigenvalue weighted by molar-refractivity contribution is 0.0942. The lowest BCUT2D eigenvalue weighted by Gasteiger charge is -2.16. The number of carbonyl (C=O) groups is 1. The third kappa shape index (κ3) is 3.36. The van der Waals surface area contributed by atoms with Crippen LogP contribution in [0.5, 0.6) is 0 Å². The molecule has 0 bridgehead atoms. The van der Waals surface area contributed by atoms with Crippen molar-refractivity contribution >= 4 is 27.3 Å². The van der Waals surface area contributed by atoms with E-state index in [1.54, 1.807) is 11.3 Å². The summed E-state index contributed by atoms with van der Waals surface area (Å²) in [7, 11) is 0.